The van der Waals surface area contributed by atoms with Crippen LogP contribution >= 0.6 is 11.6 Å². The highest BCUT2D eigenvalue weighted by atomic mass is 35.5. The van der Waals surface area contributed by atoms with Gasteiger partial charge in [0.15, 0.2) is 5.82 Å². The molecule has 2 atom stereocenters. The zero-order valence-electron chi connectivity index (χ0n) is 17.6. The Morgan fingerprint density at radius 1 is 1.12 bits per heavy atom. The van der Waals surface area contributed by atoms with Gasteiger partial charge in [-0.05, 0) is 54.4 Å². The first kappa shape index (κ1) is 20.0. The zero-order valence-corrected chi connectivity index (χ0v) is 18.4. The molecule has 0 bridgehead atoms. The summed E-state index contributed by atoms with van der Waals surface area (Å²) in [7, 11) is 0. The Labute approximate surface area is 194 Å². The van der Waals surface area contributed by atoms with Crippen molar-refractivity contribution in [2.75, 3.05) is 10.6 Å². The molecule has 0 radical (unpaired) electrons. The van der Waals surface area contributed by atoms with Gasteiger partial charge in [0.1, 0.15) is 18.0 Å². The molecule has 6 rings (SSSR count). The van der Waals surface area contributed by atoms with Crippen molar-refractivity contribution in [3.8, 4) is 0 Å². The minimum Gasteiger partial charge on any atom is -0.363 e. The average Bonchev–Trinajstić information content (AvgIpc) is 3.74. The third-order valence-electron chi connectivity index (χ3n) is 6.06. The molecule has 0 spiro atoms. The number of carbonyl (C=O) groups excluding carboxylic acids is 1. The van der Waals surface area contributed by atoms with Gasteiger partial charge in [-0.1, -0.05) is 23.7 Å². The first-order valence-electron chi connectivity index (χ1n) is 11.0. The highest BCUT2D eigenvalue weighted by Crippen LogP contribution is 2.48. The van der Waals surface area contributed by atoms with Gasteiger partial charge >= 0.3 is 0 Å². The van der Waals surface area contributed by atoms with Crippen molar-refractivity contribution in [3.05, 3.63) is 71.0 Å². The van der Waals surface area contributed by atoms with Crippen LogP contribution in [0.2, 0.25) is 5.02 Å². The molecule has 3 aromatic heterocycles. The van der Waals surface area contributed by atoms with E-state index in [4.69, 9.17) is 11.6 Å². The predicted octanol–water partition coefficient (Wildman–Crippen LogP) is 3.80. The number of hydrogen-bond donors (Lipinski definition) is 2. The second kappa shape index (κ2) is 8.08. The molecule has 10 heteroatoms. The van der Waals surface area contributed by atoms with Gasteiger partial charge in [-0.15, -0.1) is 5.10 Å². The van der Waals surface area contributed by atoms with E-state index in [2.05, 4.69) is 35.7 Å². The number of amides is 1. The quantitative estimate of drug-likeness (QED) is 0.431. The third kappa shape index (κ3) is 4.36. The lowest BCUT2D eigenvalue weighted by Crippen LogP contribution is -2.16. The Hall–Kier alpha value is -3.59. The summed E-state index contributed by atoms with van der Waals surface area (Å²) in [6.45, 7) is 0.381. The monoisotopic (exact) mass is 460 g/mol. The fourth-order valence-corrected chi connectivity index (χ4v) is 4.24. The van der Waals surface area contributed by atoms with Crippen molar-refractivity contribution in [1.82, 2.24) is 29.5 Å². The SMILES string of the molecule is O=C(Nc1cc(NCc2nc3ncc(C4CC4)cn3n2)ncn1)[C@H]1C[C@@H]1c1cccc(Cl)c1. The van der Waals surface area contributed by atoms with E-state index >= 15 is 0 Å². The maximum atomic E-state index is 12.7. The molecule has 4 aromatic rings. The van der Waals surface area contributed by atoms with Gasteiger partial charge in [0, 0.05) is 29.4 Å². The zero-order chi connectivity index (χ0) is 22.4. The van der Waals surface area contributed by atoms with Crippen LogP contribution in [0.5, 0.6) is 0 Å². The predicted molar refractivity (Wildman–Crippen MR) is 123 cm³/mol. The number of fused-ring (bicyclic) bond motifs is 1. The first-order chi connectivity index (χ1) is 16.1. The maximum Gasteiger partial charge on any atom is 0.252 e. The van der Waals surface area contributed by atoms with Crippen LogP contribution in [-0.2, 0) is 11.3 Å². The molecule has 2 saturated carbocycles. The second-order valence-corrected chi connectivity index (χ2v) is 9.01. The average molecular weight is 461 g/mol. The largest absolute Gasteiger partial charge is 0.363 e. The van der Waals surface area contributed by atoms with E-state index in [0.29, 0.717) is 40.7 Å². The maximum absolute atomic E-state index is 12.7. The van der Waals surface area contributed by atoms with Gasteiger partial charge in [0.2, 0.25) is 5.91 Å². The van der Waals surface area contributed by atoms with E-state index in [1.54, 1.807) is 10.6 Å². The Morgan fingerprint density at radius 2 is 2.00 bits per heavy atom. The molecule has 0 aliphatic heterocycles. The van der Waals surface area contributed by atoms with Crippen LogP contribution in [0.3, 0.4) is 0 Å². The summed E-state index contributed by atoms with van der Waals surface area (Å²) in [6.07, 6.45) is 8.53. The number of halogens is 1. The molecule has 1 aromatic carbocycles. The van der Waals surface area contributed by atoms with Crippen molar-refractivity contribution in [2.45, 2.75) is 37.6 Å². The molecule has 166 valence electrons. The fraction of sp³-hybridized carbons (Fsp3) is 0.304. The van der Waals surface area contributed by atoms with E-state index < -0.39 is 0 Å². The van der Waals surface area contributed by atoms with Gasteiger partial charge < -0.3 is 10.6 Å². The van der Waals surface area contributed by atoms with Gasteiger partial charge in [0.25, 0.3) is 5.78 Å². The number of carbonyl (C=O) groups is 1. The highest BCUT2D eigenvalue weighted by Gasteiger charge is 2.44. The lowest BCUT2D eigenvalue weighted by molar-refractivity contribution is -0.117. The molecule has 3 heterocycles. The van der Waals surface area contributed by atoms with Gasteiger partial charge in [-0.2, -0.15) is 4.98 Å². The number of nitrogens with one attached hydrogen (secondary N) is 2. The highest BCUT2D eigenvalue weighted by molar-refractivity contribution is 6.30. The summed E-state index contributed by atoms with van der Waals surface area (Å²) in [5, 5.41) is 11.3. The minimum atomic E-state index is -0.0787. The third-order valence-corrected chi connectivity index (χ3v) is 6.29. The smallest absolute Gasteiger partial charge is 0.252 e. The van der Waals surface area contributed by atoms with E-state index in [1.165, 1.54) is 24.7 Å². The molecular weight excluding hydrogens is 440 g/mol. The topological polar surface area (TPSA) is 110 Å². The van der Waals surface area contributed by atoms with Crippen LogP contribution in [0, 0.1) is 5.92 Å². The molecule has 1 amide bonds. The van der Waals surface area contributed by atoms with Crippen LogP contribution in [0.1, 0.15) is 48.0 Å². The molecule has 2 aliphatic carbocycles. The van der Waals surface area contributed by atoms with Crippen LogP contribution in [0.25, 0.3) is 5.78 Å². The van der Waals surface area contributed by atoms with Gasteiger partial charge in [-0.25, -0.2) is 19.5 Å². The van der Waals surface area contributed by atoms with Crippen LogP contribution in [0.4, 0.5) is 11.6 Å². The van der Waals surface area contributed by atoms with E-state index in [-0.39, 0.29) is 17.7 Å². The molecule has 0 unspecified atom stereocenters. The van der Waals surface area contributed by atoms with Gasteiger partial charge in [0.05, 0.1) is 6.54 Å². The second-order valence-electron chi connectivity index (χ2n) is 8.57. The Morgan fingerprint density at radius 3 is 2.85 bits per heavy atom. The van der Waals surface area contributed by atoms with E-state index in [1.807, 2.05) is 36.7 Å². The number of benzene rings is 1. The molecule has 9 nitrogen and oxygen atoms in total. The number of rotatable bonds is 7. The Balaban J connectivity index is 1.08. The molecule has 2 N–H and O–H groups in total. The van der Waals surface area contributed by atoms with Crippen molar-refractivity contribution in [2.24, 2.45) is 5.92 Å². The summed E-state index contributed by atoms with van der Waals surface area (Å²) in [5.41, 5.74) is 2.29. The van der Waals surface area contributed by atoms with Crippen molar-refractivity contribution >= 4 is 34.9 Å². The summed E-state index contributed by atoms with van der Waals surface area (Å²) >= 11 is 6.07. The Bertz CT molecular complexity index is 1350. The number of nitrogens with zero attached hydrogens (tertiary/aromatic N) is 6. The lowest BCUT2D eigenvalue weighted by atomic mass is 10.1. The normalized spacial score (nSPS) is 19.4. The fourth-order valence-electron chi connectivity index (χ4n) is 4.04. The van der Waals surface area contributed by atoms with E-state index in [9.17, 15) is 4.79 Å². The van der Waals surface area contributed by atoms with Crippen molar-refractivity contribution < 1.29 is 4.79 Å². The van der Waals surface area contributed by atoms with Crippen LogP contribution in [-0.4, -0.2) is 35.5 Å². The lowest BCUT2D eigenvalue weighted by Gasteiger charge is -2.07. The standard InChI is InChI=1S/C23H21ClN8O/c24-16-3-1-2-14(6-16)17-7-18(17)22(33)29-20-8-19(27-12-28-20)25-10-21-30-23-26-9-15(13-4-5-13)11-32(23)31-21/h1-3,6,8-9,11-13,17-18H,4-5,7,10H2,(H2,25,27,28,29,33)/t17-,18+/m1/s1. The van der Waals surface area contributed by atoms with Gasteiger partial charge in [-0.3, -0.25) is 4.79 Å². The van der Waals surface area contributed by atoms with Crippen molar-refractivity contribution in [3.63, 3.8) is 0 Å². The summed E-state index contributed by atoms with van der Waals surface area (Å²) < 4.78 is 1.72. The molecule has 0 saturated heterocycles. The molecule has 2 fully saturated rings. The number of anilines is 2. The van der Waals surface area contributed by atoms with Crippen LogP contribution in [0.15, 0.2) is 49.1 Å². The number of hydrogen-bond acceptors (Lipinski definition) is 7. The summed E-state index contributed by atoms with van der Waals surface area (Å²) in [5.74, 6) is 2.89. The summed E-state index contributed by atoms with van der Waals surface area (Å²) in [6, 6.07) is 9.37. The Kier molecular flexibility index (Phi) is 4.91. The van der Waals surface area contributed by atoms with E-state index in [0.717, 1.165) is 12.0 Å². The van der Waals surface area contributed by atoms with Crippen molar-refractivity contribution in [1.29, 1.82) is 0 Å². The molecule has 33 heavy (non-hydrogen) atoms. The number of aromatic nitrogens is 6. The first-order valence-corrected chi connectivity index (χ1v) is 11.3. The molecule has 2 aliphatic rings. The minimum absolute atomic E-state index is 0.0517. The van der Waals surface area contributed by atoms with Crippen LogP contribution < -0.4 is 10.6 Å². The molecular formula is C23H21ClN8O. The summed E-state index contributed by atoms with van der Waals surface area (Å²) in [4.78, 5) is 29.9.